The smallest absolute Gasteiger partial charge is 0.331 e. The summed E-state index contributed by atoms with van der Waals surface area (Å²) in [5, 5.41) is 4.59. The lowest BCUT2D eigenvalue weighted by molar-refractivity contribution is -0.121. The molecule has 1 aliphatic rings. The van der Waals surface area contributed by atoms with Gasteiger partial charge in [-0.3, -0.25) is 18.7 Å². The van der Waals surface area contributed by atoms with Crippen molar-refractivity contribution in [2.45, 2.75) is 32.5 Å². The standard InChI is InChI=1S/C25H22FN3O5S/c26-18-4-1-3-17(11-18)14-29-19-8-10-35-23(19)24(31)28(25(29)32)9-2-5-22(30)27-13-16-6-7-20-21(12-16)34-15-33-20/h1,3-4,6-8,10-12H,2,5,9,13-15H2,(H,27,30). The van der Waals surface area contributed by atoms with Crippen LogP contribution in [-0.4, -0.2) is 21.8 Å². The highest BCUT2D eigenvalue weighted by Crippen LogP contribution is 2.32. The van der Waals surface area contributed by atoms with Crippen LogP contribution in [-0.2, 0) is 24.4 Å². The van der Waals surface area contributed by atoms with Gasteiger partial charge < -0.3 is 14.8 Å². The van der Waals surface area contributed by atoms with Gasteiger partial charge in [0.25, 0.3) is 5.56 Å². The van der Waals surface area contributed by atoms with E-state index in [2.05, 4.69) is 5.32 Å². The van der Waals surface area contributed by atoms with E-state index in [1.165, 1.54) is 28.0 Å². The Hall–Kier alpha value is -3.92. The van der Waals surface area contributed by atoms with Gasteiger partial charge in [-0.05, 0) is 53.3 Å². The van der Waals surface area contributed by atoms with Crippen LogP contribution in [0.1, 0.15) is 24.0 Å². The lowest BCUT2D eigenvalue weighted by atomic mass is 10.2. The largest absolute Gasteiger partial charge is 0.454 e. The molecule has 0 spiro atoms. The Morgan fingerprint density at radius 1 is 1.03 bits per heavy atom. The lowest BCUT2D eigenvalue weighted by Gasteiger charge is -2.12. The van der Waals surface area contributed by atoms with Crippen molar-refractivity contribution in [1.82, 2.24) is 14.5 Å². The Balaban J connectivity index is 1.26. The number of hydrogen-bond acceptors (Lipinski definition) is 6. The summed E-state index contributed by atoms with van der Waals surface area (Å²) in [4.78, 5) is 38.5. The SMILES string of the molecule is O=C(CCCn1c(=O)c2sccc2n(Cc2cccc(F)c2)c1=O)NCc1ccc2c(c1)OCO2. The zero-order valence-electron chi connectivity index (χ0n) is 18.7. The van der Waals surface area contributed by atoms with Gasteiger partial charge in [-0.25, -0.2) is 9.18 Å². The molecule has 1 amide bonds. The Labute approximate surface area is 203 Å². The molecule has 3 heterocycles. The minimum Gasteiger partial charge on any atom is -0.454 e. The van der Waals surface area contributed by atoms with E-state index in [9.17, 15) is 18.8 Å². The molecule has 35 heavy (non-hydrogen) atoms. The molecule has 0 atom stereocenters. The molecule has 10 heteroatoms. The fourth-order valence-electron chi connectivity index (χ4n) is 4.04. The van der Waals surface area contributed by atoms with Crippen LogP contribution in [0.15, 0.2) is 63.5 Å². The number of rotatable bonds is 8. The minimum atomic E-state index is -0.481. The van der Waals surface area contributed by atoms with E-state index in [4.69, 9.17) is 9.47 Å². The number of benzene rings is 2. The quantitative estimate of drug-likeness (QED) is 0.405. The molecule has 0 fully saturated rings. The molecule has 1 aliphatic heterocycles. The molecule has 0 aliphatic carbocycles. The van der Waals surface area contributed by atoms with Crippen molar-refractivity contribution >= 4 is 27.5 Å². The van der Waals surface area contributed by atoms with Gasteiger partial charge in [0.1, 0.15) is 10.5 Å². The number of hydrogen-bond donors (Lipinski definition) is 1. The second kappa shape index (κ2) is 9.75. The van der Waals surface area contributed by atoms with Gasteiger partial charge in [0, 0.05) is 19.5 Å². The van der Waals surface area contributed by atoms with Crippen LogP contribution in [0.2, 0.25) is 0 Å². The second-order valence-corrected chi connectivity index (χ2v) is 9.07. The fourth-order valence-corrected chi connectivity index (χ4v) is 4.88. The van der Waals surface area contributed by atoms with Crippen LogP contribution in [0.5, 0.6) is 11.5 Å². The normalized spacial score (nSPS) is 12.3. The van der Waals surface area contributed by atoms with Gasteiger partial charge in [-0.2, -0.15) is 0 Å². The molecule has 5 rings (SSSR count). The van der Waals surface area contributed by atoms with E-state index < -0.39 is 11.5 Å². The third kappa shape index (κ3) is 4.83. The topological polar surface area (TPSA) is 91.6 Å². The molecule has 0 bridgehead atoms. The number of fused-ring (bicyclic) bond motifs is 2. The zero-order chi connectivity index (χ0) is 24.4. The molecule has 1 N–H and O–H groups in total. The van der Waals surface area contributed by atoms with Gasteiger partial charge in [0.2, 0.25) is 12.7 Å². The summed E-state index contributed by atoms with van der Waals surface area (Å²) in [5.74, 6) is 0.746. The molecule has 0 radical (unpaired) electrons. The van der Waals surface area contributed by atoms with Crippen LogP contribution in [0.3, 0.4) is 0 Å². The average molecular weight is 496 g/mol. The molecule has 8 nitrogen and oxygen atoms in total. The number of nitrogens with one attached hydrogen (secondary N) is 1. The second-order valence-electron chi connectivity index (χ2n) is 8.16. The highest BCUT2D eigenvalue weighted by molar-refractivity contribution is 7.17. The molecule has 4 aromatic rings. The first kappa shape index (κ1) is 22.9. The van der Waals surface area contributed by atoms with E-state index in [-0.39, 0.29) is 37.8 Å². The number of halogens is 1. The Morgan fingerprint density at radius 2 is 1.89 bits per heavy atom. The Morgan fingerprint density at radius 3 is 2.74 bits per heavy atom. The maximum Gasteiger partial charge on any atom is 0.331 e. The first-order chi connectivity index (χ1) is 17.0. The summed E-state index contributed by atoms with van der Waals surface area (Å²) in [6.45, 7) is 0.759. The number of ether oxygens (including phenoxy) is 2. The number of amides is 1. The fraction of sp³-hybridized carbons (Fsp3) is 0.240. The molecule has 0 saturated carbocycles. The van der Waals surface area contributed by atoms with E-state index >= 15 is 0 Å². The third-order valence-electron chi connectivity index (χ3n) is 5.78. The van der Waals surface area contributed by atoms with Crippen LogP contribution < -0.4 is 26.0 Å². The van der Waals surface area contributed by atoms with E-state index in [0.717, 1.165) is 10.1 Å². The van der Waals surface area contributed by atoms with Gasteiger partial charge in [-0.15, -0.1) is 11.3 Å². The van der Waals surface area contributed by atoms with Gasteiger partial charge >= 0.3 is 5.69 Å². The highest BCUT2D eigenvalue weighted by atomic mass is 32.1. The Kier molecular flexibility index (Phi) is 6.37. The van der Waals surface area contributed by atoms with Crippen LogP contribution in [0.25, 0.3) is 10.2 Å². The van der Waals surface area contributed by atoms with Crippen molar-refractivity contribution in [1.29, 1.82) is 0 Å². The summed E-state index contributed by atoms with van der Waals surface area (Å²) in [6.07, 6.45) is 0.474. The summed E-state index contributed by atoms with van der Waals surface area (Å²) < 4.78 is 27.4. The number of carbonyl (C=O) groups is 1. The summed E-state index contributed by atoms with van der Waals surface area (Å²) in [6, 6.07) is 13.2. The van der Waals surface area contributed by atoms with E-state index in [1.807, 2.05) is 12.1 Å². The Bertz CT molecular complexity index is 1520. The van der Waals surface area contributed by atoms with Crippen molar-refractivity contribution in [3.63, 3.8) is 0 Å². The van der Waals surface area contributed by atoms with Crippen molar-refractivity contribution in [2.75, 3.05) is 6.79 Å². The minimum absolute atomic E-state index is 0.103. The predicted molar refractivity (Wildman–Crippen MR) is 129 cm³/mol. The summed E-state index contributed by atoms with van der Waals surface area (Å²) >= 11 is 1.25. The van der Waals surface area contributed by atoms with Crippen molar-refractivity contribution < 1.29 is 18.7 Å². The van der Waals surface area contributed by atoms with Crippen molar-refractivity contribution in [3.8, 4) is 11.5 Å². The van der Waals surface area contributed by atoms with Crippen LogP contribution >= 0.6 is 11.3 Å². The molecule has 2 aromatic carbocycles. The first-order valence-electron chi connectivity index (χ1n) is 11.1. The highest BCUT2D eigenvalue weighted by Gasteiger charge is 2.16. The zero-order valence-corrected chi connectivity index (χ0v) is 19.5. The molecule has 0 saturated heterocycles. The summed E-state index contributed by atoms with van der Waals surface area (Å²) in [5.41, 5.74) is 1.16. The molecular formula is C25H22FN3O5S. The van der Waals surface area contributed by atoms with Crippen LogP contribution in [0.4, 0.5) is 4.39 Å². The molecule has 0 unspecified atom stereocenters. The predicted octanol–water partition coefficient (Wildman–Crippen LogP) is 3.24. The van der Waals surface area contributed by atoms with Gasteiger partial charge in [0.05, 0.1) is 12.1 Å². The average Bonchev–Trinajstić information content (AvgIpc) is 3.52. The maximum atomic E-state index is 13.6. The van der Waals surface area contributed by atoms with Gasteiger partial charge in [0.15, 0.2) is 11.5 Å². The molecule has 180 valence electrons. The third-order valence-corrected chi connectivity index (χ3v) is 6.67. The van der Waals surface area contributed by atoms with E-state index in [1.54, 1.807) is 29.6 Å². The van der Waals surface area contributed by atoms with Crippen molar-refractivity contribution in [2.24, 2.45) is 0 Å². The molecular weight excluding hydrogens is 473 g/mol. The number of carbonyl (C=O) groups excluding carboxylic acids is 1. The number of aromatic nitrogens is 2. The first-order valence-corrected chi connectivity index (χ1v) is 12.0. The monoisotopic (exact) mass is 495 g/mol. The van der Waals surface area contributed by atoms with Crippen LogP contribution in [0, 0.1) is 5.82 Å². The van der Waals surface area contributed by atoms with Gasteiger partial charge in [-0.1, -0.05) is 18.2 Å². The van der Waals surface area contributed by atoms with Crippen molar-refractivity contribution in [3.05, 3.63) is 91.7 Å². The molecule has 2 aromatic heterocycles. The summed E-state index contributed by atoms with van der Waals surface area (Å²) in [7, 11) is 0. The maximum absolute atomic E-state index is 13.6. The number of nitrogens with zero attached hydrogens (tertiary/aromatic N) is 2. The number of thiophene rings is 1. The lowest BCUT2D eigenvalue weighted by Crippen LogP contribution is -2.40. The van der Waals surface area contributed by atoms with E-state index in [0.29, 0.717) is 40.2 Å².